The van der Waals surface area contributed by atoms with Gasteiger partial charge in [0.05, 0.1) is 22.8 Å². The van der Waals surface area contributed by atoms with E-state index in [1.165, 1.54) is 0 Å². The number of ether oxygens (including phenoxy) is 1. The van der Waals surface area contributed by atoms with Crippen molar-refractivity contribution in [3.8, 4) is 11.3 Å². The number of hydrogen-bond acceptors (Lipinski definition) is 7. The summed E-state index contributed by atoms with van der Waals surface area (Å²) < 4.78 is 5.29. The van der Waals surface area contributed by atoms with Gasteiger partial charge < -0.3 is 15.4 Å². The highest BCUT2D eigenvalue weighted by atomic mass is 35.5. The van der Waals surface area contributed by atoms with Crippen LogP contribution in [0.15, 0.2) is 18.2 Å². The van der Waals surface area contributed by atoms with Crippen LogP contribution in [0.3, 0.4) is 0 Å². The van der Waals surface area contributed by atoms with Crippen molar-refractivity contribution in [2.75, 3.05) is 50.0 Å². The Morgan fingerprint density at radius 3 is 2.60 bits per heavy atom. The average Bonchev–Trinajstić information content (AvgIpc) is 3.42. The highest BCUT2D eigenvalue weighted by Gasteiger charge is 2.28. The van der Waals surface area contributed by atoms with E-state index < -0.39 is 0 Å². The van der Waals surface area contributed by atoms with Crippen molar-refractivity contribution >= 4 is 35.0 Å². The van der Waals surface area contributed by atoms with Gasteiger partial charge in [-0.2, -0.15) is 4.98 Å². The van der Waals surface area contributed by atoms with Crippen LogP contribution in [0.25, 0.3) is 11.3 Å². The monoisotopic (exact) mass is 380 g/mol. The third-order valence-corrected chi connectivity index (χ3v) is 5.25. The van der Waals surface area contributed by atoms with Crippen LogP contribution in [0.2, 0.25) is 10.0 Å². The molecule has 0 spiro atoms. The van der Waals surface area contributed by atoms with E-state index in [4.69, 9.17) is 33.7 Å². The minimum atomic E-state index is 0.294. The molecule has 1 aromatic heterocycles. The van der Waals surface area contributed by atoms with Crippen LogP contribution in [0.5, 0.6) is 0 Å². The fourth-order valence-electron chi connectivity index (χ4n) is 2.93. The van der Waals surface area contributed by atoms with Gasteiger partial charge in [-0.15, -0.1) is 10.2 Å². The predicted molar refractivity (Wildman–Crippen MR) is 98.1 cm³/mol. The summed E-state index contributed by atoms with van der Waals surface area (Å²) in [6, 6.07) is 5.31. The van der Waals surface area contributed by atoms with Crippen molar-refractivity contribution in [2.24, 2.45) is 0 Å². The number of halogens is 2. The summed E-state index contributed by atoms with van der Waals surface area (Å²) in [5.74, 6) is 0.838. The molecule has 1 unspecified atom stereocenters. The Labute approximate surface area is 155 Å². The molecule has 2 aromatic rings. The van der Waals surface area contributed by atoms with E-state index in [-0.39, 0.29) is 0 Å². The summed E-state index contributed by atoms with van der Waals surface area (Å²) in [5.41, 5.74) is 7.19. The van der Waals surface area contributed by atoms with Crippen LogP contribution < -0.4 is 10.6 Å². The summed E-state index contributed by atoms with van der Waals surface area (Å²) >= 11 is 12.3. The van der Waals surface area contributed by atoms with Crippen LogP contribution >= 0.6 is 23.2 Å². The molecule has 1 aromatic carbocycles. The lowest BCUT2D eigenvalue weighted by atomic mass is 10.1. The molecule has 0 amide bonds. The Morgan fingerprint density at radius 1 is 1.16 bits per heavy atom. The summed E-state index contributed by atoms with van der Waals surface area (Å²) in [4.78, 5) is 8.92. The van der Waals surface area contributed by atoms with Crippen LogP contribution in [0, 0.1) is 0 Å². The van der Waals surface area contributed by atoms with E-state index >= 15 is 0 Å². The van der Waals surface area contributed by atoms with Gasteiger partial charge in [0.1, 0.15) is 5.69 Å². The average molecular weight is 381 g/mol. The Kier molecular flexibility index (Phi) is 4.64. The van der Waals surface area contributed by atoms with Gasteiger partial charge in [-0.25, -0.2) is 0 Å². The Balaban J connectivity index is 1.49. The van der Waals surface area contributed by atoms with E-state index in [1.54, 1.807) is 18.2 Å². The van der Waals surface area contributed by atoms with Crippen molar-refractivity contribution in [3.05, 3.63) is 28.2 Å². The summed E-state index contributed by atoms with van der Waals surface area (Å²) in [6.45, 7) is 5.46. The smallest absolute Gasteiger partial charge is 0.247 e. The molecule has 7 nitrogen and oxygen atoms in total. The molecule has 2 aliphatic heterocycles. The number of anilines is 2. The third-order valence-electron chi connectivity index (χ3n) is 4.43. The van der Waals surface area contributed by atoms with Crippen molar-refractivity contribution in [2.45, 2.75) is 6.10 Å². The fraction of sp³-hybridized carbons (Fsp3) is 0.438. The molecule has 3 heterocycles. The van der Waals surface area contributed by atoms with Gasteiger partial charge in [-0.1, -0.05) is 35.3 Å². The first-order chi connectivity index (χ1) is 12.1. The highest BCUT2D eigenvalue weighted by molar-refractivity contribution is 6.43. The van der Waals surface area contributed by atoms with Crippen LogP contribution in [0.4, 0.5) is 11.8 Å². The van der Waals surface area contributed by atoms with Crippen LogP contribution in [-0.2, 0) is 4.74 Å². The van der Waals surface area contributed by atoms with E-state index in [0.29, 0.717) is 39.2 Å². The van der Waals surface area contributed by atoms with Gasteiger partial charge in [0.15, 0.2) is 5.82 Å². The number of nitrogens with zero attached hydrogens (tertiary/aromatic N) is 5. The molecule has 2 N–H and O–H groups in total. The number of nitrogen functional groups attached to an aromatic ring is 1. The number of benzene rings is 1. The van der Waals surface area contributed by atoms with E-state index in [9.17, 15) is 0 Å². The fourth-order valence-corrected chi connectivity index (χ4v) is 3.32. The number of epoxide rings is 1. The molecule has 1 atom stereocenters. The lowest BCUT2D eigenvalue weighted by molar-refractivity contribution is 0.229. The third kappa shape index (κ3) is 3.64. The van der Waals surface area contributed by atoms with Gasteiger partial charge in [0.2, 0.25) is 5.95 Å². The zero-order chi connectivity index (χ0) is 17.4. The minimum Gasteiger partial charge on any atom is -0.382 e. The Bertz CT molecular complexity index is 777. The standard InChI is InChI=1S/C16H18Cl2N6O/c17-12-3-1-2-11(13(12)18)14-15(19)20-16(22-21-14)24-6-4-23(5-7-24)8-10-9-25-10/h1-3,10H,4-9H2,(H2,19,20,22). The zero-order valence-electron chi connectivity index (χ0n) is 13.5. The molecule has 0 radical (unpaired) electrons. The van der Waals surface area contributed by atoms with E-state index in [2.05, 4.69) is 25.0 Å². The van der Waals surface area contributed by atoms with Crippen molar-refractivity contribution in [1.29, 1.82) is 0 Å². The molecule has 2 aliphatic rings. The van der Waals surface area contributed by atoms with Crippen molar-refractivity contribution in [3.63, 3.8) is 0 Å². The molecule has 9 heteroatoms. The maximum atomic E-state index is 6.24. The van der Waals surface area contributed by atoms with Gasteiger partial charge in [0.25, 0.3) is 0 Å². The molecule has 4 rings (SSSR count). The molecule has 25 heavy (non-hydrogen) atoms. The van der Waals surface area contributed by atoms with Gasteiger partial charge in [0, 0.05) is 38.3 Å². The first-order valence-electron chi connectivity index (χ1n) is 8.15. The molecule has 2 saturated heterocycles. The second-order valence-corrected chi connectivity index (χ2v) is 6.98. The normalized spacial score (nSPS) is 20.7. The lowest BCUT2D eigenvalue weighted by Crippen LogP contribution is -2.48. The number of rotatable bonds is 4. The number of piperazine rings is 1. The largest absolute Gasteiger partial charge is 0.382 e. The first-order valence-corrected chi connectivity index (χ1v) is 8.91. The first kappa shape index (κ1) is 16.8. The predicted octanol–water partition coefficient (Wildman–Crippen LogP) is 1.95. The topological polar surface area (TPSA) is 83.7 Å². The van der Waals surface area contributed by atoms with Crippen molar-refractivity contribution < 1.29 is 4.74 Å². The van der Waals surface area contributed by atoms with E-state index in [0.717, 1.165) is 39.3 Å². The van der Waals surface area contributed by atoms with Gasteiger partial charge >= 0.3 is 0 Å². The molecule has 0 aliphatic carbocycles. The number of hydrogen-bond donors (Lipinski definition) is 1. The summed E-state index contributed by atoms with van der Waals surface area (Å²) in [7, 11) is 0. The van der Waals surface area contributed by atoms with E-state index in [1.807, 2.05) is 0 Å². The van der Waals surface area contributed by atoms with Gasteiger partial charge in [-0.05, 0) is 6.07 Å². The quantitative estimate of drug-likeness (QED) is 0.811. The summed E-state index contributed by atoms with van der Waals surface area (Å²) in [6.07, 6.45) is 0.418. The molecule has 2 fully saturated rings. The molecular formula is C16H18Cl2N6O. The molecular weight excluding hydrogens is 363 g/mol. The van der Waals surface area contributed by atoms with Gasteiger partial charge in [-0.3, -0.25) is 4.90 Å². The Morgan fingerprint density at radius 2 is 1.92 bits per heavy atom. The maximum absolute atomic E-state index is 6.24. The summed E-state index contributed by atoms with van der Waals surface area (Å²) in [5, 5.41) is 9.34. The molecule has 0 bridgehead atoms. The molecule has 132 valence electrons. The molecule has 0 saturated carbocycles. The zero-order valence-corrected chi connectivity index (χ0v) is 15.0. The minimum absolute atomic E-state index is 0.294. The van der Waals surface area contributed by atoms with Crippen LogP contribution in [-0.4, -0.2) is 65.5 Å². The highest BCUT2D eigenvalue weighted by Crippen LogP contribution is 2.34. The van der Waals surface area contributed by atoms with Crippen molar-refractivity contribution in [1.82, 2.24) is 20.1 Å². The number of nitrogens with two attached hydrogens (primary N) is 1. The Hall–Kier alpha value is -1.67. The SMILES string of the molecule is Nc1nc(N2CCN(CC3CO3)CC2)nnc1-c1cccc(Cl)c1Cl. The second-order valence-electron chi connectivity index (χ2n) is 6.19. The number of aromatic nitrogens is 3. The lowest BCUT2D eigenvalue weighted by Gasteiger charge is -2.34. The van der Waals surface area contributed by atoms with Crippen LogP contribution in [0.1, 0.15) is 0 Å². The second kappa shape index (κ2) is 6.92. The maximum Gasteiger partial charge on any atom is 0.247 e.